The number of nitrogens with one attached hydrogen (secondary N) is 1. The summed E-state index contributed by atoms with van der Waals surface area (Å²) in [5.74, 6) is 1.48. The molecule has 132 valence electrons. The standard InChI is InChI=1S/C15H23BrN4O.2ClH/c1-17-9-11-4-6-20(7-5-11)15(21)13-8-12(16)10-18-14(13)19(2)3;;/h8,10-11,17H,4-7,9H2,1-3H3;2*1H. The lowest BCUT2D eigenvalue weighted by Crippen LogP contribution is -2.41. The van der Waals surface area contributed by atoms with Crippen LogP contribution in [0, 0.1) is 5.92 Å². The van der Waals surface area contributed by atoms with Crippen LogP contribution in [0.1, 0.15) is 23.2 Å². The Morgan fingerprint density at radius 3 is 2.52 bits per heavy atom. The average molecular weight is 428 g/mol. The number of aromatic nitrogens is 1. The van der Waals surface area contributed by atoms with Gasteiger partial charge in [0.25, 0.3) is 5.91 Å². The minimum Gasteiger partial charge on any atom is -0.362 e. The van der Waals surface area contributed by atoms with Crippen LogP contribution in [0.5, 0.6) is 0 Å². The molecule has 0 atom stereocenters. The van der Waals surface area contributed by atoms with Gasteiger partial charge in [0.1, 0.15) is 5.82 Å². The number of hydrogen-bond acceptors (Lipinski definition) is 4. The molecule has 0 aliphatic carbocycles. The SMILES string of the molecule is CNCC1CCN(C(=O)c2cc(Br)cnc2N(C)C)CC1.Cl.Cl. The van der Waals surface area contributed by atoms with Crippen molar-refractivity contribution in [1.82, 2.24) is 15.2 Å². The summed E-state index contributed by atoms with van der Waals surface area (Å²) in [6.07, 6.45) is 3.85. The summed E-state index contributed by atoms with van der Waals surface area (Å²) in [5.41, 5.74) is 0.668. The zero-order chi connectivity index (χ0) is 15.4. The molecular formula is C15H25BrCl2N4O. The van der Waals surface area contributed by atoms with Crippen molar-refractivity contribution in [2.45, 2.75) is 12.8 Å². The highest BCUT2D eigenvalue weighted by Gasteiger charge is 2.25. The lowest BCUT2D eigenvalue weighted by molar-refractivity contribution is 0.0691. The van der Waals surface area contributed by atoms with Gasteiger partial charge in [-0.05, 0) is 54.3 Å². The van der Waals surface area contributed by atoms with Crippen LogP contribution in [0.2, 0.25) is 0 Å². The van der Waals surface area contributed by atoms with Crippen molar-refractivity contribution < 1.29 is 4.79 Å². The highest BCUT2D eigenvalue weighted by atomic mass is 79.9. The van der Waals surface area contributed by atoms with Crippen molar-refractivity contribution in [3.8, 4) is 0 Å². The zero-order valence-corrected chi connectivity index (χ0v) is 16.9. The van der Waals surface area contributed by atoms with Gasteiger partial charge in [-0.2, -0.15) is 0 Å². The molecule has 5 nitrogen and oxygen atoms in total. The number of carbonyl (C=O) groups excluding carboxylic acids is 1. The molecule has 0 unspecified atom stereocenters. The molecule has 1 aromatic heterocycles. The number of halogens is 3. The molecule has 2 rings (SSSR count). The van der Waals surface area contributed by atoms with Gasteiger partial charge >= 0.3 is 0 Å². The lowest BCUT2D eigenvalue weighted by atomic mass is 9.96. The molecule has 0 bridgehead atoms. The third-order valence-corrected chi connectivity index (χ3v) is 4.32. The highest BCUT2D eigenvalue weighted by molar-refractivity contribution is 9.10. The van der Waals surface area contributed by atoms with Crippen LogP contribution in [0.15, 0.2) is 16.7 Å². The number of rotatable bonds is 4. The van der Waals surface area contributed by atoms with Crippen LogP contribution in [-0.2, 0) is 0 Å². The Morgan fingerprint density at radius 1 is 1.39 bits per heavy atom. The maximum Gasteiger partial charge on any atom is 0.257 e. The van der Waals surface area contributed by atoms with E-state index < -0.39 is 0 Å². The van der Waals surface area contributed by atoms with Gasteiger partial charge in [-0.1, -0.05) is 0 Å². The largest absolute Gasteiger partial charge is 0.362 e. The Hall–Kier alpha value is -0.560. The molecule has 1 aliphatic heterocycles. The predicted molar refractivity (Wildman–Crippen MR) is 103 cm³/mol. The minimum atomic E-state index is 0. The number of nitrogens with zero attached hydrogens (tertiary/aromatic N) is 3. The van der Waals surface area contributed by atoms with Gasteiger partial charge in [0, 0.05) is 37.9 Å². The van der Waals surface area contributed by atoms with Gasteiger partial charge in [-0.3, -0.25) is 4.79 Å². The number of hydrogen-bond donors (Lipinski definition) is 1. The Labute approximate surface area is 159 Å². The van der Waals surface area contributed by atoms with Crippen LogP contribution in [-0.4, -0.2) is 56.6 Å². The van der Waals surface area contributed by atoms with Crippen molar-refractivity contribution in [3.05, 3.63) is 22.3 Å². The first-order valence-electron chi connectivity index (χ1n) is 7.29. The first-order chi connectivity index (χ1) is 10.0. The molecule has 0 radical (unpaired) electrons. The predicted octanol–water partition coefficient (Wildman–Crippen LogP) is 2.83. The number of carbonyl (C=O) groups is 1. The second kappa shape index (κ2) is 10.3. The van der Waals surface area contributed by atoms with Gasteiger partial charge in [-0.15, -0.1) is 24.8 Å². The molecular weight excluding hydrogens is 403 g/mol. The van der Waals surface area contributed by atoms with Gasteiger partial charge in [0.05, 0.1) is 5.56 Å². The van der Waals surface area contributed by atoms with E-state index in [-0.39, 0.29) is 30.7 Å². The van der Waals surface area contributed by atoms with E-state index in [9.17, 15) is 4.79 Å². The quantitative estimate of drug-likeness (QED) is 0.802. The fourth-order valence-electron chi connectivity index (χ4n) is 2.75. The molecule has 1 fully saturated rings. The van der Waals surface area contributed by atoms with Crippen LogP contribution >= 0.6 is 40.7 Å². The monoisotopic (exact) mass is 426 g/mol. The van der Waals surface area contributed by atoms with Crippen LogP contribution in [0.3, 0.4) is 0 Å². The fraction of sp³-hybridized carbons (Fsp3) is 0.600. The Kier molecular flexibility index (Phi) is 10.1. The molecule has 8 heteroatoms. The maximum atomic E-state index is 12.8. The molecule has 1 aliphatic rings. The normalized spacial score (nSPS) is 14.7. The molecule has 0 aromatic carbocycles. The smallest absolute Gasteiger partial charge is 0.257 e. The van der Waals surface area contributed by atoms with Gasteiger partial charge in [0.15, 0.2) is 0 Å². The van der Waals surface area contributed by atoms with E-state index in [0.29, 0.717) is 11.5 Å². The third kappa shape index (κ3) is 5.78. The van der Waals surface area contributed by atoms with Gasteiger partial charge in [-0.25, -0.2) is 4.98 Å². The summed E-state index contributed by atoms with van der Waals surface area (Å²) in [4.78, 5) is 21.0. The van der Waals surface area contributed by atoms with E-state index in [1.54, 1.807) is 6.20 Å². The van der Waals surface area contributed by atoms with E-state index in [1.807, 2.05) is 37.0 Å². The van der Waals surface area contributed by atoms with Crippen molar-refractivity contribution in [2.24, 2.45) is 5.92 Å². The zero-order valence-electron chi connectivity index (χ0n) is 13.7. The summed E-state index contributed by atoms with van der Waals surface area (Å²) >= 11 is 3.41. The minimum absolute atomic E-state index is 0. The second-order valence-corrected chi connectivity index (χ2v) is 6.63. The van der Waals surface area contributed by atoms with Gasteiger partial charge in [0.2, 0.25) is 0 Å². The second-order valence-electron chi connectivity index (χ2n) is 5.71. The van der Waals surface area contributed by atoms with Crippen LogP contribution in [0.4, 0.5) is 5.82 Å². The molecule has 1 aromatic rings. The van der Waals surface area contributed by atoms with Crippen molar-refractivity contribution in [2.75, 3.05) is 45.7 Å². The van der Waals surface area contributed by atoms with Gasteiger partial charge < -0.3 is 15.1 Å². The van der Waals surface area contributed by atoms with Crippen molar-refractivity contribution in [1.29, 1.82) is 0 Å². The molecule has 1 saturated heterocycles. The summed E-state index contributed by atoms with van der Waals surface area (Å²) in [6, 6.07) is 1.87. The fourth-order valence-corrected chi connectivity index (χ4v) is 3.08. The lowest BCUT2D eigenvalue weighted by Gasteiger charge is -2.32. The summed E-state index contributed by atoms with van der Waals surface area (Å²) < 4.78 is 0.835. The van der Waals surface area contributed by atoms with Crippen LogP contribution in [0.25, 0.3) is 0 Å². The molecule has 1 amide bonds. The Balaban J connectivity index is 0.00000242. The van der Waals surface area contributed by atoms with Crippen molar-refractivity contribution in [3.63, 3.8) is 0 Å². The maximum absolute atomic E-state index is 12.8. The molecule has 23 heavy (non-hydrogen) atoms. The molecule has 2 heterocycles. The summed E-state index contributed by atoms with van der Waals surface area (Å²) in [7, 11) is 5.80. The first-order valence-corrected chi connectivity index (χ1v) is 8.09. The highest BCUT2D eigenvalue weighted by Crippen LogP contribution is 2.24. The first kappa shape index (κ1) is 22.4. The Morgan fingerprint density at radius 2 is 2.00 bits per heavy atom. The van der Waals surface area contributed by atoms with E-state index >= 15 is 0 Å². The van der Waals surface area contributed by atoms with Crippen molar-refractivity contribution >= 4 is 52.5 Å². The third-order valence-electron chi connectivity index (χ3n) is 3.88. The number of pyridine rings is 1. The Bertz CT molecular complexity index is 508. The number of amides is 1. The van der Waals surface area contributed by atoms with E-state index in [2.05, 4.69) is 26.2 Å². The molecule has 0 saturated carbocycles. The van der Waals surface area contributed by atoms with Crippen LogP contribution < -0.4 is 10.2 Å². The van der Waals surface area contributed by atoms with E-state index in [1.165, 1.54) is 0 Å². The summed E-state index contributed by atoms with van der Waals surface area (Å²) in [6.45, 7) is 2.68. The molecule has 1 N–H and O–H groups in total. The summed E-state index contributed by atoms with van der Waals surface area (Å²) in [5, 5.41) is 3.22. The number of piperidine rings is 1. The van der Waals surface area contributed by atoms with E-state index in [4.69, 9.17) is 0 Å². The molecule has 0 spiro atoms. The average Bonchev–Trinajstić information content (AvgIpc) is 2.47. The number of likely N-dealkylation sites (tertiary alicyclic amines) is 1. The number of anilines is 1. The topological polar surface area (TPSA) is 48.5 Å². The van der Waals surface area contributed by atoms with E-state index in [0.717, 1.165) is 42.8 Å².